The molecule has 0 amide bonds. The van der Waals surface area contributed by atoms with Crippen LogP contribution < -0.4 is 15.2 Å². The lowest BCUT2D eigenvalue weighted by molar-refractivity contribution is 0.415. The number of sulfonamides is 1. The lowest BCUT2D eigenvalue weighted by atomic mass is 10.1. The molecule has 0 bridgehead atoms. The fourth-order valence-electron chi connectivity index (χ4n) is 2.61. The van der Waals surface area contributed by atoms with Gasteiger partial charge in [0.15, 0.2) is 0 Å². The number of pyridine rings is 1. The van der Waals surface area contributed by atoms with Crippen LogP contribution in [-0.4, -0.2) is 20.5 Å². The number of nitrogens with two attached hydrogens (primary N) is 1. The van der Waals surface area contributed by atoms with Crippen molar-refractivity contribution in [2.45, 2.75) is 18.4 Å². The van der Waals surface area contributed by atoms with E-state index < -0.39 is 10.0 Å². The highest BCUT2D eigenvalue weighted by Crippen LogP contribution is 2.27. The molecule has 0 fully saturated rings. The van der Waals surface area contributed by atoms with Crippen molar-refractivity contribution >= 4 is 26.6 Å². The molecule has 0 radical (unpaired) electrons. The Morgan fingerprint density at radius 3 is 2.48 bits per heavy atom. The third-order valence-corrected chi connectivity index (χ3v) is 4.81. The van der Waals surface area contributed by atoms with Gasteiger partial charge in [-0.05, 0) is 42.8 Å². The zero-order chi connectivity index (χ0) is 18.0. The van der Waals surface area contributed by atoms with Crippen LogP contribution in [0.5, 0.6) is 5.75 Å². The number of methoxy groups -OCH3 is 1. The second kappa shape index (κ2) is 6.70. The summed E-state index contributed by atoms with van der Waals surface area (Å²) < 4.78 is 27.9. The van der Waals surface area contributed by atoms with Crippen LogP contribution in [0.1, 0.15) is 11.3 Å². The summed E-state index contributed by atoms with van der Waals surface area (Å²) in [6.45, 7) is 2.49. The minimum Gasteiger partial charge on any atom is -0.497 e. The van der Waals surface area contributed by atoms with Crippen molar-refractivity contribution in [1.29, 1.82) is 0 Å². The van der Waals surface area contributed by atoms with Crippen molar-refractivity contribution in [2.24, 2.45) is 5.14 Å². The highest BCUT2D eigenvalue weighted by molar-refractivity contribution is 7.89. The number of benzene rings is 2. The molecule has 0 aliphatic rings. The summed E-state index contributed by atoms with van der Waals surface area (Å²) in [4.78, 5) is 4.64. The third-order valence-electron chi connectivity index (χ3n) is 3.88. The van der Waals surface area contributed by atoms with E-state index in [0.717, 1.165) is 33.6 Å². The number of primary sulfonamides is 1. The Morgan fingerprint density at radius 1 is 1.12 bits per heavy atom. The van der Waals surface area contributed by atoms with Gasteiger partial charge in [-0.25, -0.2) is 13.6 Å². The highest BCUT2D eigenvalue weighted by Gasteiger charge is 2.08. The Balaban J connectivity index is 1.85. The number of aromatic nitrogens is 1. The molecule has 7 heteroatoms. The molecule has 6 nitrogen and oxygen atoms in total. The Kier molecular flexibility index (Phi) is 4.61. The van der Waals surface area contributed by atoms with Crippen LogP contribution in [0.25, 0.3) is 10.9 Å². The number of anilines is 1. The molecular weight excluding hydrogens is 338 g/mol. The largest absolute Gasteiger partial charge is 0.497 e. The van der Waals surface area contributed by atoms with Crippen molar-refractivity contribution in [2.75, 3.05) is 12.4 Å². The quantitative estimate of drug-likeness (QED) is 0.732. The summed E-state index contributed by atoms with van der Waals surface area (Å²) in [5, 5.41) is 9.49. The van der Waals surface area contributed by atoms with E-state index in [1.165, 1.54) is 12.1 Å². The zero-order valence-electron chi connectivity index (χ0n) is 14.0. The maximum absolute atomic E-state index is 11.3. The SMILES string of the molecule is COc1ccc2c(NCc3ccc(S(N)(=O)=O)cc3)cc(C)nc2c1. The minimum atomic E-state index is -3.67. The van der Waals surface area contributed by atoms with E-state index in [1.807, 2.05) is 31.2 Å². The molecule has 25 heavy (non-hydrogen) atoms. The third kappa shape index (κ3) is 3.89. The van der Waals surface area contributed by atoms with E-state index in [1.54, 1.807) is 19.2 Å². The van der Waals surface area contributed by atoms with Crippen LogP contribution in [-0.2, 0) is 16.6 Å². The molecule has 0 unspecified atom stereocenters. The maximum atomic E-state index is 11.3. The summed E-state index contributed by atoms with van der Waals surface area (Å²) in [7, 11) is -2.04. The van der Waals surface area contributed by atoms with Crippen molar-refractivity contribution < 1.29 is 13.2 Å². The number of fused-ring (bicyclic) bond motifs is 1. The molecular formula is C18H19N3O3S. The van der Waals surface area contributed by atoms with Gasteiger partial charge in [0.25, 0.3) is 0 Å². The predicted molar refractivity (Wildman–Crippen MR) is 98.2 cm³/mol. The monoisotopic (exact) mass is 357 g/mol. The first-order chi connectivity index (χ1) is 11.9. The Hall–Kier alpha value is -2.64. The van der Waals surface area contributed by atoms with E-state index in [0.29, 0.717) is 6.54 Å². The maximum Gasteiger partial charge on any atom is 0.238 e. The summed E-state index contributed by atoms with van der Waals surface area (Å²) in [6, 6.07) is 14.2. The number of nitrogens with zero attached hydrogens (tertiary/aromatic N) is 1. The first kappa shape index (κ1) is 17.2. The van der Waals surface area contributed by atoms with Gasteiger partial charge >= 0.3 is 0 Å². The van der Waals surface area contributed by atoms with Crippen LogP contribution in [0.2, 0.25) is 0 Å². The molecule has 1 heterocycles. The van der Waals surface area contributed by atoms with Crippen LogP contribution in [0, 0.1) is 6.92 Å². The Morgan fingerprint density at radius 2 is 1.84 bits per heavy atom. The van der Waals surface area contributed by atoms with Crippen LogP contribution in [0.15, 0.2) is 53.4 Å². The second-order valence-electron chi connectivity index (χ2n) is 5.74. The van der Waals surface area contributed by atoms with E-state index in [2.05, 4.69) is 10.3 Å². The van der Waals surface area contributed by atoms with Gasteiger partial charge in [-0.15, -0.1) is 0 Å². The molecule has 2 aromatic carbocycles. The van der Waals surface area contributed by atoms with Gasteiger partial charge in [-0.2, -0.15) is 0 Å². The number of rotatable bonds is 5. The van der Waals surface area contributed by atoms with Gasteiger partial charge in [-0.1, -0.05) is 12.1 Å². The normalized spacial score (nSPS) is 11.5. The molecule has 3 N–H and O–H groups in total. The number of ether oxygens (including phenoxy) is 1. The topological polar surface area (TPSA) is 94.3 Å². The molecule has 0 aliphatic carbocycles. The Bertz CT molecular complexity index is 1020. The van der Waals surface area contributed by atoms with Gasteiger partial charge in [0.1, 0.15) is 5.75 Å². The Labute approximate surface area is 146 Å². The fourth-order valence-corrected chi connectivity index (χ4v) is 3.12. The van der Waals surface area contributed by atoms with E-state index >= 15 is 0 Å². The molecule has 0 atom stereocenters. The van der Waals surface area contributed by atoms with E-state index in [9.17, 15) is 8.42 Å². The number of nitrogens with one attached hydrogen (secondary N) is 1. The molecule has 0 saturated carbocycles. The van der Waals surface area contributed by atoms with Gasteiger partial charge in [0, 0.05) is 29.4 Å². The number of hydrogen-bond acceptors (Lipinski definition) is 5. The van der Waals surface area contributed by atoms with Gasteiger partial charge in [0.2, 0.25) is 10.0 Å². The fraction of sp³-hybridized carbons (Fsp3) is 0.167. The van der Waals surface area contributed by atoms with E-state index in [-0.39, 0.29) is 4.90 Å². The molecule has 130 valence electrons. The average molecular weight is 357 g/mol. The second-order valence-corrected chi connectivity index (χ2v) is 7.30. The van der Waals surface area contributed by atoms with Crippen molar-refractivity contribution in [3.05, 3.63) is 59.8 Å². The summed E-state index contributed by atoms with van der Waals surface area (Å²) in [5.74, 6) is 0.759. The zero-order valence-corrected chi connectivity index (χ0v) is 14.8. The smallest absolute Gasteiger partial charge is 0.238 e. The number of aryl methyl sites for hydroxylation is 1. The lowest BCUT2D eigenvalue weighted by Crippen LogP contribution is -2.12. The molecule has 0 aliphatic heterocycles. The van der Waals surface area contributed by atoms with E-state index in [4.69, 9.17) is 9.88 Å². The minimum absolute atomic E-state index is 0.105. The summed E-state index contributed by atoms with van der Waals surface area (Å²) in [6.07, 6.45) is 0. The van der Waals surface area contributed by atoms with Gasteiger partial charge in [0.05, 0.1) is 17.5 Å². The first-order valence-corrected chi connectivity index (χ1v) is 9.22. The summed E-state index contributed by atoms with van der Waals surface area (Å²) in [5.41, 5.74) is 3.66. The lowest BCUT2D eigenvalue weighted by Gasteiger charge is -2.12. The standard InChI is InChI=1S/C18H19N3O3S/c1-12-9-17(16-8-5-14(24-2)10-18(16)21-12)20-11-13-3-6-15(7-4-13)25(19,22)23/h3-10H,11H2,1-2H3,(H,20,21)(H2,19,22,23). The highest BCUT2D eigenvalue weighted by atomic mass is 32.2. The molecule has 0 spiro atoms. The van der Waals surface area contributed by atoms with Crippen molar-refractivity contribution in [3.8, 4) is 5.75 Å². The van der Waals surface area contributed by atoms with Crippen LogP contribution in [0.3, 0.4) is 0 Å². The molecule has 3 aromatic rings. The summed E-state index contributed by atoms with van der Waals surface area (Å²) >= 11 is 0. The van der Waals surface area contributed by atoms with Crippen LogP contribution in [0.4, 0.5) is 5.69 Å². The predicted octanol–water partition coefficient (Wildman–Crippen LogP) is 2.81. The first-order valence-electron chi connectivity index (χ1n) is 7.68. The van der Waals surface area contributed by atoms with Gasteiger partial charge in [-0.3, -0.25) is 4.98 Å². The van der Waals surface area contributed by atoms with Crippen molar-refractivity contribution in [3.63, 3.8) is 0 Å². The molecule has 1 aromatic heterocycles. The molecule has 0 saturated heterocycles. The number of hydrogen-bond donors (Lipinski definition) is 2. The molecule has 3 rings (SSSR count). The average Bonchev–Trinajstić information content (AvgIpc) is 2.58. The van der Waals surface area contributed by atoms with Crippen molar-refractivity contribution in [1.82, 2.24) is 4.98 Å². The van der Waals surface area contributed by atoms with Gasteiger partial charge < -0.3 is 10.1 Å². The van der Waals surface area contributed by atoms with Crippen LogP contribution >= 0.6 is 0 Å².